The number of benzene rings is 2. The Kier molecular flexibility index (Phi) is 3.82. The first kappa shape index (κ1) is 17.4. The fourth-order valence-corrected chi connectivity index (χ4v) is 3.65. The summed E-state index contributed by atoms with van der Waals surface area (Å²) >= 11 is 0. The lowest BCUT2D eigenvalue weighted by molar-refractivity contribution is 0.315. The molecule has 4 aromatic heterocycles. The van der Waals surface area contributed by atoms with Crippen LogP contribution in [-0.2, 0) is 6.42 Å². The third-order valence-corrected chi connectivity index (χ3v) is 5.17. The zero-order chi connectivity index (χ0) is 20.8. The van der Waals surface area contributed by atoms with Crippen LogP contribution in [0.2, 0.25) is 0 Å². The summed E-state index contributed by atoms with van der Waals surface area (Å²) in [4.78, 5) is 9.58. The van der Waals surface area contributed by atoms with E-state index in [4.69, 9.17) is 19.0 Å². The fraction of sp³-hybridized carbons (Fsp3) is 0.0435. The number of fused-ring (bicyclic) bond motifs is 2. The third kappa shape index (κ3) is 2.93. The van der Waals surface area contributed by atoms with E-state index in [-0.39, 0.29) is 5.88 Å². The second-order valence-electron chi connectivity index (χ2n) is 7.14. The van der Waals surface area contributed by atoms with Gasteiger partial charge in [-0.1, -0.05) is 36.4 Å². The molecule has 0 aliphatic carbocycles. The molecule has 0 spiro atoms. The highest BCUT2D eigenvalue weighted by atomic mass is 16.6. The highest BCUT2D eigenvalue weighted by molar-refractivity contribution is 5.85. The summed E-state index contributed by atoms with van der Waals surface area (Å²) in [6, 6.07) is 19.0. The molecule has 150 valence electrons. The number of nitrogens with zero attached hydrogens (tertiary/aromatic N) is 5. The van der Waals surface area contributed by atoms with E-state index in [1.165, 1.54) is 0 Å². The first-order chi connectivity index (χ1) is 15.3. The van der Waals surface area contributed by atoms with Crippen molar-refractivity contribution in [2.75, 3.05) is 0 Å². The molecule has 31 heavy (non-hydrogen) atoms. The molecule has 0 radical (unpaired) electrons. The van der Waals surface area contributed by atoms with Gasteiger partial charge in [0.15, 0.2) is 5.65 Å². The van der Waals surface area contributed by atoms with Crippen molar-refractivity contribution < 1.29 is 14.2 Å². The van der Waals surface area contributed by atoms with Gasteiger partial charge in [0, 0.05) is 17.3 Å². The number of rotatable bonds is 4. The summed E-state index contributed by atoms with van der Waals surface area (Å²) in [6.45, 7) is 0. The average molecular weight is 409 g/mol. The highest BCUT2D eigenvalue weighted by Crippen LogP contribution is 2.32. The Morgan fingerprint density at radius 1 is 0.871 bits per heavy atom. The standard InChI is InChI=1S/C23H15N5O3/c29-23-19(12-16-7-4-10-30-16)25-22-21(15-8-9-17-18(11-15)27-31-26-17)24-20(13-28(22)23)14-5-2-1-3-6-14/h1-11,13,29H,12H2. The zero-order valence-corrected chi connectivity index (χ0v) is 16.1. The molecule has 8 heteroatoms. The van der Waals surface area contributed by atoms with Crippen LogP contribution in [0.1, 0.15) is 11.5 Å². The molecule has 0 aliphatic rings. The van der Waals surface area contributed by atoms with Gasteiger partial charge in [-0.25, -0.2) is 14.6 Å². The lowest BCUT2D eigenvalue weighted by Gasteiger charge is -2.08. The SMILES string of the molecule is Oc1c(Cc2ccco2)nc2c(-c3ccc4nonc4c3)nc(-c3ccccc3)cn12. The summed E-state index contributed by atoms with van der Waals surface area (Å²) in [7, 11) is 0. The van der Waals surface area contributed by atoms with Crippen LogP contribution in [0, 0.1) is 0 Å². The van der Waals surface area contributed by atoms with Crippen molar-refractivity contribution in [2.24, 2.45) is 0 Å². The lowest BCUT2D eigenvalue weighted by atomic mass is 10.1. The minimum absolute atomic E-state index is 0.0522. The first-order valence-electron chi connectivity index (χ1n) is 9.68. The second-order valence-corrected chi connectivity index (χ2v) is 7.14. The predicted molar refractivity (Wildman–Crippen MR) is 112 cm³/mol. The normalized spacial score (nSPS) is 11.5. The van der Waals surface area contributed by atoms with Gasteiger partial charge in [0.2, 0.25) is 5.88 Å². The first-order valence-corrected chi connectivity index (χ1v) is 9.68. The maximum atomic E-state index is 11.0. The summed E-state index contributed by atoms with van der Waals surface area (Å²) in [6.07, 6.45) is 3.76. The number of imidazole rings is 1. The van der Waals surface area contributed by atoms with E-state index in [2.05, 4.69) is 10.3 Å². The smallest absolute Gasteiger partial charge is 0.219 e. The van der Waals surface area contributed by atoms with Crippen LogP contribution in [0.3, 0.4) is 0 Å². The van der Waals surface area contributed by atoms with Crippen molar-refractivity contribution in [1.29, 1.82) is 0 Å². The molecule has 0 fully saturated rings. The van der Waals surface area contributed by atoms with Crippen LogP contribution in [0.5, 0.6) is 5.88 Å². The summed E-state index contributed by atoms with van der Waals surface area (Å²) in [5, 5.41) is 18.8. The molecule has 2 aromatic carbocycles. The Labute approximate surface area is 175 Å². The Morgan fingerprint density at radius 3 is 2.58 bits per heavy atom. The van der Waals surface area contributed by atoms with Crippen molar-refractivity contribution in [3.63, 3.8) is 0 Å². The molecule has 8 nitrogen and oxygen atoms in total. The van der Waals surface area contributed by atoms with Gasteiger partial charge in [0.25, 0.3) is 0 Å². The monoisotopic (exact) mass is 409 g/mol. The van der Waals surface area contributed by atoms with Crippen molar-refractivity contribution in [3.05, 3.63) is 84.6 Å². The van der Waals surface area contributed by atoms with Crippen LogP contribution in [0.25, 0.3) is 39.2 Å². The van der Waals surface area contributed by atoms with Crippen molar-refractivity contribution in [1.82, 2.24) is 24.7 Å². The van der Waals surface area contributed by atoms with Gasteiger partial charge in [0.1, 0.15) is 28.2 Å². The van der Waals surface area contributed by atoms with Gasteiger partial charge in [-0.2, -0.15) is 0 Å². The van der Waals surface area contributed by atoms with E-state index in [1.54, 1.807) is 16.9 Å². The Morgan fingerprint density at radius 2 is 1.74 bits per heavy atom. The van der Waals surface area contributed by atoms with E-state index < -0.39 is 0 Å². The van der Waals surface area contributed by atoms with Gasteiger partial charge in [-0.05, 0) is 34.6 Å². The van der Waals surface area contributed by atoms with E-state index in [1.807, 2.05) is 60.7 Å². The maximum absolute atomic E-state index is 11.0. The quantitative estimate of drug-likeness (QED) is 0.458. The molecule has 0 bridgehead atoms. The summed E-state index contributed by atoms with van der Waals surface area (Å²) in [5.74, 6) is 0.767. The molecule has 0 saturated heterocycles. The van der Waals surface area contributed by atoms with Crippen LogP contribution < -0.4 is 0 Å². The number of furan rings is 1. The minimum Gasteiger partial charge on any atom is -0.493 e. The largest absolute Gasteiger partial charge is 0.493 e. The van der Waals surface area contributed by atoms with E-state index >= 15 is 0 Å². The zero-order valence-electron chi connectivity index (χ0n) is 16.1. The van der Waals surface area contributed by atoms with Crippen LogP contribution >= 0.6 is 0 Å². The van der Waals surface area contributed by atoms with Crippen molar-refractivity contribution >= 4 is 16.7 Å². The van der Waals surface area contributed by atoms with Crippen LogP contribution in [0.15, 0.2) is 82.2 Å². The molecule has 4 heterocycles. The maximum Gasteiger partial charge on any atom is 0.219 e. The molecule has 0 amide bonds. The summed E-state index contributed by atoms with van der Waals surface area (Å²) in [5.41, 5.74) is 5.36. The minimum atomic E-state index is 0.0522. The van der Waals surface area contributed by atoms with Gasteiger partial charge in [-0.15, -0.1) is 0 Å². The highest BCUT2D eigenvalue weighted by Gasteiger charge is 2.20. The molecular formula is C23H15N5O3. The number of aromatic nitrogens is 5. The predicted octanol–water partition coefficient (Wildman–Crippen LogP) is 4.49. The molecular weight excluding hydrogens is 394 g/mol. The third-order valence-electron chi connectivity index (χ3n) is 5.17. The number of hydrogen-bond donors (Lipinski definition) is 1. The molecule has 0 unspecified atom stereocenters. The molecule has 1 N–H and O–H groups in total. The van der Waals surface area contributed by atoms with Crippen molar-refractivity contribution in [2.45, 2.75) is 6.42 Å². The Hall–Kier alpha value is -4.46. The number of hydrogen-bond acceptors (Lipinski definition) is 7. The average Bonchev–Trinajstić information content (AvgIpc) is 3.55. The van der Waals surface area contributed by atoms with Crippen molar-refractivity contribution in [3.8, 4) is 28.4 Å². The molecule has 0 saturated carbocycles. The molecule has 0 aliphatic heterocycles. The molecule has 6 rings (SSSR count). The van der Waals surface area contributed by atoms with Gasteiger partial charge in [0.05, 0.1) is 18.4 Å². The summed E-state index contributed by atoms with van der Waals surface area (Å²) < 4.78 is 11.9. The van der Waals surface area contributed by atoms with E-state index in [0.29, 0.717) is 45.9 Å². The van der Waals surface area contributed by atoms with Crippen LogP contribution in [-0.4, -0.2) is 29.8 Å². The second kappa shape index (κ2) is 6.81. The van der Waals surface area contributed by atoms with E-state index in [9.17, 15) is 5.11 Å². The fourth-order valence-electron chi connectivity index (χ4n) is 3.65. The molecule has 0 atom stereocenters. The Balaban J connectivity index is 1.60. The van der Waals surface area contributed by atoms with Gasteiger partial charge >= 0.3 is 0 Å². The lowest BCUT2D eigenvalue weighted by Crippen LogP contribution is -1.96. The topological polar surface area (TPSA) is 102 Å². The Bertz CT molecular complexity index is 1520. The molecule has 6 aromatic rings. The van der Waals surface area contributed by atoms with Gasteiger partial charge < -0.3 is 9.52 Å². The van der Waals surface area contributed by atoms with Crippen LogP contribution in [0.4, 0.5) is 0 Å². The van der Waals surface area contributed by atoms with Gasteiger partial charge in [-0.3, -0.25) is 4.40 Å². The van der Waals surface area contributed by atoms with E-state index in [0.717, 1.165) is 11.1 Å². The number of aromatic hydroxyl groups is 1.